The van der Waals surface area contributed by atoms with E-state index in [1.165, 1.54) is 30.4 Å². The Balaban J connectivity index is 1.54. The third kappa shape index (κ3) is 5.70. The van der Waals surface area contributed by atoms with Gasteiger partial charge in [0, 0.05) is 32.7 Å². The number of rotatable bonds is 7. The Morgan fingerprint density at radius 1 is 1.10 bits per heavy atom. The van der Waals surface area contributed by atoms with Gasteiger partial charge in [-0.05, 0) is 31.0 Å². The second kappa shape index (κ2) is 10.1. The van der Waals surface area contributed by atoms with E-state index in [9.17, 15) is 14.9 Å². The highest BCUT2D eigenvalue weighted by Gasteiger charge is 2.22. The van der Waals surface area contributed by atoms with Crippen LogP contribution in [-0.4, -0.2) is 60.5 Å². The third-order valence-corrected chi connectivity index (χ3v) is 5.18. The van der Waals surface area contributed by atoms with Crippen molar-refractivity contribution in [2.75, 3.05) is 39.9 Å². The van der Waals surface area contributed by atoms with Crippen molar-refractivity contribution < 1.29 is 19.2 Å². The number of carbonyl (C=O) groups excluding carboxylic acids is 1. The molecule has 0 N–H and O–H groups in total. The lowest BCUT2D eigenvalue weighted by Gasteiger charge is -2.22. The van der Waals surface area contributed by atoms with Crippen molar-refractivity contribution >= 4 is 11.6 Å². The number of methoxy groups -OCH3 is 1. The lowest BCUT2D eigenvalue weighted by Crippen LogP contribution is -2.38. The number of nitrogens with zero attached hydrogens (tertiary/aromatic N) is 3. The minimum atomic E-state index is -0.544. The summed E-state index contributed by atoms with van der Waals surface area (Å²) in [6, 6.07) is 12.8. The first-order valence-electron chi connectivity index (χ1n) is 9.97. The first kappa shape index (κ1) is 21.6. The molecule has 0 radical (unpaired) electrons. The van der Waals surface area contributed by atoms with E-state index in [1.807, 2.05) is 0 Å². The summed E-state index contributed by atoms with van der Waals surface area (Å²) in [7, 11) is 1.44. The van der Waals surface area contributed by atoms with Crippen molar-refractivity contribution in [3.8, 4) is 11.5 Å². The molecule has 160 valence electrons. The minimum absolute atomic E-state index is 0.0602. The summed E-state index contributed by atoms with van der Waals surface area (Å²) in [5.41, 5.74) is 2.28. The van der Waals surface area contributed by atoms with Crippen molar-refractivity contribution in [3.63, 3.8) is 0 Å². The van der Waals surface area contributed by atoms with Crippen LogP contribution in [0.15, 0.2) is 42.5 Å². The summed E-state index contributed by atoms with van der Waals surface area (Å²) in [4.78, 5) is 27.4. The van der Waals surface area contributed by atoms with Gasteiger partial charge < -0.3 is 14.4 Å². The second-order valence-electron chi connectivity index (χ2n) is 7.38. The van der Waals surface area contributed by atoms with Gasteiger partial charge in [0.25, 0.3) is 5.91 Å². The zero-order valence-corrected chi connectivity index (χ0v) is 17.4. The Morgan fingerprint density at radius 2 is 1.87 bits per heavy atom. The molecule has 8 nitrogen and oxygen atoms in total. The van der Waals surface area contributed by atoms with Gasteiger partial charge in [-0.2, -0.15) is 0 Å². The molecule has 2 aromatic rings. The van der Waals surface area contributed by atoms with E-state index in [2.05, 4.69) is 36.1 Å². The summed E-state index contributed by atoms with van der Waals surface area (Å²) in [5.74, 6) is 0.254. The maximum absolute atomic E-state index is 12.6. The molecule has 0 atom stereocenters. The molecule has 0 spiro atoms. The van der Waals surface area contributed by atoms with Crippen molar-refractivity contribution in [2.45, 2.75) is 19.9 Å². The number of benzene rings is 2. The van der Waals surface area contributed by atoms with E-state index in [0.717, 1.165) is 26.1 Å². The molecule has 1 fully saturated rings. The van der Waals surface area contributed by atoms with E-state index in [4.69, 9.17) is 9.47 Å². The normalized spacial score (nSPS) is 14.8. The second-order valence-corrected chi connectivity index (χ2v) is 7.38. The minimum Gasteiger partial charge on any atom is -0.496 e. The fourth-order valence-corrected chi connectivity index (χ4v) is 3.45. The quantitative estimate of drug-likeness (QED) is 0.512. The highest BCUT2D eigenvalue weighted by Crippen LogP contribution is 2.31. The lowest BCUT2D eigenvalue weighted by molar-refractivity contribution is -0.385. The Bertz CT molecular complexity index is 885. The number of ether oxygens (including phenoxy) is 2. The van der Waals surface area contributed by atoms with Crippen molar-refractivity contribution in [3.05, 3.63) is 63.7 Å². The zero-order chi connectivity index (χ0) is 21.5. The highest BCUT2D eigenvalue weighted by atomic mass is 16.6. The number of nitro benzene ring substituents is 1. The molecule has 0 aliphatic carbocycles. The van der Waals surface area contributed by atoms with Crippen LogP contribution in [0.1, 0.15) is 17.5 Å². The summed E-state index contributed by atoms with van der Waals surface area (Å²) in [5, 5.41) is 11.3. The fraction of sp³-hybridized carbons (Fsp3) is 0.409. The standard InChI is InChI=1S/C22H27N3O5/c1-17-4-6-18(7-5-17)15-23-10-3-11-24(13-12-23)22(26)16-30-21-9-8-19(29-2)14-20(21)25(27)28/h4-9,14H,3,10-13,15-16H2,1-2H3. The van der Waals surface area contributed by atoms with Gasteiger partial charge in [0.05, 0.1) is 18.1 Å². The van der Waals surface area contributed by atoms with Crippen LogP contribution in [0.2, 0.25) is 0 Å². The van der Waals surface area contributed by atoms with Crippen LogP contribution in [0.3, 0.4) is 0 Å². The summed E-state index contributed by atoms with van der Waals surface area (Å²) < 4.78 is 10.5. The monoisotopic (exact) mass is 413 g/mol. The molecule has 3 rings (SSSR count). The van der Waals surface area contributed by atoms with Crippen LogP contribution in [-0.2, 0) is 11.3 Å². The predicted molar refractivity (Wildman–Crippen MR) is 113 cm³/mol. The number of aryl methyl sites for hydroxylation is 1. The molecule has 0 saturated carbocycles. The number of hydrogen-bond donors (Lipinski definition) is 0. The Kier molecular flexibility index (Phi) is 7.24. The number of carbonyl (C=O) groups is 1. The summed E-state index contributed by atoms with van der Waals surface area (Å²) in [6.45, 7) is 5.66. The van der Waals surface area contributed by atoms with Crippen LogP contribution in [0.4, 0.5) is 5.69 Å². The molecular weight excluding hydrogens is 386 g/mol. The van der Waals surface area contributed by atoms with E-state index in [-0.39, 0.29) is 24.0 Å². The van der Waals surface area contributed by atoms with E-state index in [1.54, 1.807) is 11.0 Å². The van der Waals surface area contributed by atoms with E-state index in [0.29, 0.717) is 18.8 Å². The molecule has 1 aliphatic rings. The average molecular weight is 413 g/mol. The Labute approximate surface area is 176 Å². The molecule has 2 aromatic carbocycles. The SMILES string of the molecule is COc1ccc(OCC(=O)N2CCCN(Cc3ccc(C)cc3)CC2)c([N+](=O)[O-])c1. The Morgan fingerprint density at radius 3 is 2.57 bits per heavy atom. The van der Waals surface area contributed by atoms with Crippen LogP contribution < -0.4 is 9.47 Å². The van der Waals surface area contributed by atoms with Crippen molar-refractivity contribution in [2.24, 2.45) is 0 Å². The molecule has 1 heterocycles. The zero-order valence-electron chi connectivity index (χ0n) is 17.4. The van der Waals surface area contributed by atoms with Crippen molar-refractivity contribution in [1.29, 1.82) is 0 Å². The summed E-state index contributed by atoms with van der Waals surface area (Å²) in [6.07, 6.45) is 0.875. The molecule has 8 heteroatoms. The first-order chi connectivity index (χ1) is 14.5. The maximum Gasteiger partial charge on any atom is 0.314 e. The largest absolute Gasteiger partial charge is 0.496 e. The average Bonchev–Trinajstić information content (AvgIpc) is 2.99. The first-order valence-corrected chi connectivity index (χ1v) is 9.97. The van der Waals surface area contributed by atoms with Gasteiger partial charge in [0.1, 0.15) is 5.75 Å². The van der Waals surface area contributed by atoms with Gasteiger partial charge in [0.2, 0.25) is 0 Å². The van der Waals surface area contributed by atoms with Crippen LogP contribution in [0.25, 0.3) is 0 Å². The van der Waals surface area contributed by atoms with Crippen molar-refractivity contribution in [1.82, 2.24) is 9.80 Å². The van der Waals surface area contributed by atoms with Gasteiger partial charge >= 0.3 is 5.69 Å². The third-order valence-electron chi connectivity index (χ3n) is 5.18. The molecule has 30 heavy (non-hydrogen) atoms. The van der Waals surface area contributed by atoms with Crippen LogP contribution >= 0.6 is 0 Å². The molecule has 1 amide bonds. The number of nitro groups is 1. The maximum atomic E-state index is 12.6. The lowest BCUT2D eigenvalue weighted by atomic mass is 10.1. The molecule has 0 bridgehead atoms. The van der Waals surface area contributed by atoms with Gasteiger partial charge in [-0.15, -0.1) is 0 Å². The fourth-order valence-electron chi connectivity index (χ4n) is 3.45. The molecule has 1 aliphatic heterocycles. The highest BCUT2D eigenvalue weighted by molar-refractivity contribution is 5.78. The smallest absolute Gasteiger partial charge is 0.314 e. The van der Waals surface area contributed by atoms with E-state index < -0.39 is 4.92 Å². The predicted octanol–water partition coefficient (Wildman–Crippen LogP) is 3.03. The molecule has 0 unspecified atom stereocenters. The number of hydrogen-bond acceptors (Lipinski definition) is 6. The number of amides is 1. The van der Waals surface area contributed by atoms with Gasteiger partial charge in [-0.3, -0.25) is 19.8 Å². The van der Waals surface area contributed by atoms with Crippen LogP contribution in [0, 0.1) is 17.0 Å². The Hall–Kier alpha value is -3.13. The van der Waals surface area contributed by atoms with Gasteiger partial charge in [-0.1, -0.05) is 29.8 Å². The molecular formula is C22H27N3O5. The van der Waals surface area contributed by atoms with Gasteiger partial charge in [-0.25, -0.2) is 0 Å². The molecule has 0 aromatic heterocycles. The summed E-state index contributed by atoms with van der Waals surface area (Å²) >= 11 is 0. The topological polar surface area (TPSA) is 85.2 Å². The van der Waals surface area contributed by atoms with Gasteiger partial charge in [0.15, 0.2) is 12.4 Å². The van der Waals surface area contributed by atoms with Crippen LogP contribution in [0.5, 0.6) is 11.5 Å². The molecule has 1 saturated heterocycles. The van der Waals surface area contributed by atoms with E-state index >= 15 is 0 Å².